The van der Waals surface area contributed by atoms with Gasteiger partial charge >= 0.3 is 6.18 Å². The molecule has 0 radical (unpaired) electrons. The van der Waals surface area contributed by atoms with Gasteiger partial charge in [-0.05, 0) is 31.0 Å². The van der Waals surface area contributed by atoms with Crippen molar-refractivity contribution < 1.29 is 13.2 Å². The number of nitrogens with one attached hydrogen (secondary N) is 1. The first-order valence-electron chi connectivity index (χ1n) is 9.77. The van der Waals surface area contributed by atoms with Gasteiger partial charge in [-0.2, -0.15) is 13.2 Å². The standard InChI is InChI=1S/C20H31F3N4S/c1-4-26(15-20(21,22)23)13-17-10-11-27(14-17)19(24-3)25-12-16(2)28-18-8-6-5-7-9-18/h5-9,16-17H,4,10-15H2,1-3H3,(H,24,25). The second kappa shape index (κ2) is 11.0. The van der Waals surface area contributed by atoms with E-state index in [0.29, 0.717) is 18.3 Å². The molecule has 1 N–H and O–H groups in total. The maximum Gasteiger partial charge on any atom is 0.401 e. The number of likely N-dealkylation sites (tertiary alicyclic amines) is 1. The molecule has 1 aromatic rings. The van der Waals surface area contributed by atoms with Crippen LogP contribution in [0.2, 0.25) is 0 Å². The molecule has 28 heavy (non-hydrogen) atoms. The minimum atomic E-state index is -4.14. The summed E-state index contributed by atoms with van der Waals surface area (Å²) in [5.74, 6) is 1.07. The molecule has 8 heteroatoms. The monoisotopic (exact) mass is 416 g/mol. The molecule has 0 spiro atoms. The van der Waals surface area contributed by atoms with Crippen LogP contribution in [0.3, 0.4) is 0 Å². The minimum absolute atomic E-state index is 0.233. The van der Waals surface area contributed by atoms with Crippen LogP contribution in [-0.4, -0.2) is 73.5 Å². The molecule has 0 saturated carbocycles. The van der Waals surface area contributed by atoms with E-state index in [2.05, 4.69) is 34.3 Å². The molecule has 0 amide bonds. The number of alkyl halides is 3. The third kappa shape index (κ3) is 7.91. The average molecular weight is 417 g/mol. The number of aliphatic imine (C=N–C) groups is 1. The predicted octanol–water partition coefficient (Wildman–Crippen LogP) is 3.95. The highest BCUT2D eigenvalue weighted by Gasteiger charge is 2.33. The van der Waals surface area contributed by atoms with Crippen LogP contribution >= 0.6 is 11.8 Å². The minimum Gasteiger partial charge on any atom is -0.355 e. The lowest BCUT2D eigenvalue weighted by Crippen LogP contribution is -2.43. The van der Waals surface area contributed by atoms with Crippen LogP contribution in [0.15, 0.2) is 40.2 Å². The van der Waals surface area contributed by atoms with Gasteiger partial charge in [-0.3, -0.25) is 9.89 Å². The van der Waals surface area contributed by atoms with Crippen molar-refractivity contribution in [1.29, 1.82) is 0 Å². The fourth-order valence-electron chi connectivity index (χ4n) is 3.44. The maximum atomic E-state index is 12.7. The molecule has 158 valence electrons. The molecule has 2 rings (SSSR count). The highest BCUT2D eigenvalue weighted by Crippen LogP contribution is 2.23. The Labute approximate surface area is 170 Å². The Bertz CT molecular complexity index is 609. The van der Waals surface area contributed by atoms with Crippen molar-refractivity contribution in [3.63, 3.8) is 0 Å². The van der Waals surface area contributed by atoms with Gasteiger partial charge in [0, 0.05) is 43.4 Å². The Hall–Kier alpha value is -1.41. The van der Waals surface area contributed by atoms with Gasteiger partial charge in [0.1, 0.15) is 0 Å². The molecule has 1 heterocycles. The van der Waals surface area contributed by atoms with E-state index >= 15 is 0 Å². The fraction of sp³-hybridized carbons (Fsp3) is 0.650. The fourth-order valence-corrected chi connectivity index (χ4v) is 4.38. The molecular weight excluding hydrogens is 385 g/mol. The zero-order valence-corrected chi connectivity index (χ0v) is 17.7. The van der Waals surface area contributed by atoms with E-state index < -0.39 is 12.7 Å². The molecule has 2 unspecified atom stereocenters. The zero-order chi connectivity index (χ0) is 20.6. The van der Waals surface area contributed by atoms with Crippen molar-refractivity contribution in [1.82, 2.24) is 15.1 Å². The van der Waals surface area contributed by atoms with Crippen molar-refractivity contribution in [2.75, 3.05) is 46.3 Å². The third-order valence-corrected chi connectivity index (χ3v) is 5.91. The first kappa shape index (κ1) is 22.9. The summed E-state index contributed by atoms with van der Waals surface area (Å²) in [5, 5.41) is 3.79. The number of nitrogens with zero attached hydrogens (tertiary/aromatic N) is 3. The second-order valence-corrected chi connectivity index (χ2v) is 8.73. The molecule has 1 aliphatic heterocycles. The summed E-state index contributed by atoms with van der Waals surface area (Å²) in [4.78, 5) is 9.25. The van der Waals surface area contributed by atoms with Gasteiger partial charge in [-0.15, -0.1) is 11.8 Å². The summed E-state index contributed by atoms with van der Waals surface area (Å²) < 4.78 is 38.0. The SMILES string of the molecule is CCN(CC1CCN(C(=NC)NCC(C)Sc2ccccc2)C1)CC(F)(F)F. The Balaban J connectivity index is 1.78. The molecule has 0 aliphatic carbocycles. The van der Waals surface area contributed by atoms with E-state index in [1.807, 2.05) is 18.2 Å². The predicted molar refractivity (Wildman–Crippen MR) is 111 cm³/mol. The van der Waals surface area contributed by atoms with Crippen LogP contribution in [0.1, 0.15) is 20.3 Å². The van der Waals surface area contributed by atoms with Gasteiger partial charge in [0.05, 0.1) is 6.54 Å². The van der Waals surface area contributed by atoms with Crippen molar-refractivity contribution in [3.05, 3.63) is 30.3 Å². The van der Waals surface area contributed by atoms with E-state index in [4.69, 9.17) is 0 Å². The normalized spacial score (nSPS) is 19.3. The third-order valence-electron chi connectivity index (χ3n) is 4.79. The number of rotatable bonds is 8. The van der Waals surface area contributed by atoms with Crippen LogP contribution in [0.5, 0.6) is 0 Å². The van der Waals surface area contributed by atoms with Crippen LogP contribution in [0.4, 0.5) is 13.2 Å². The Morgan fingerprint density at radius 1 is 1.36 bits per heavy atom. The topological polar surface area (TPSA) is 30.9 Å². The molecule has 2 atom stereocenters. The molecule has 4 nitrogen and oxygen atoms in total. The molecule has 0 aromatic heterocycles. The summed E-state index contributed by atoms with van der Waals surface area (Å²) in [6.07, 6.45) is -3.25. The van der Waals surface area contributed by atoms with E-state index in [0.717, 1.165) is 32.0 Å². The number of thioether (sulfide) groups is 1. The highest BCUT2D eigenvalue weighted by molar-refractivity contribution is 8.00. The van der Waals surface area contributed by atoms with Gasteiger partial charge in [0.25, 0.3) is 0 Å². The van der Waals surface area contributed by atoms with Gasteiger partial charge in [0.15, 0.2) is 5.96 Å². The Morgan fingerprint density at radius 2 is 2.07 bits per heavy atom. The summed E-state index contributed by atoms with van der Waals surface area (Å²) in [7, 11) is 1.76. The Kier molecular flexibility index (Phi) is 8.95. The first-order valence-corrected chi connectivity index (χ1v) is 10.6. The molecule has 1 saturated heterocycles. The summed E-state index contributed by atoms with van der Waals surface area (Å²) in [6, 6.07) is 10.3. The van der Waals surface area contributed by atoms with E-state index in [1.165, 1.54) is 9.80 Å². The number of hydrogen-bond acceptors (Lipinski definition) is 3. The lowest BCUT2D eigenvalue weighted by molar-refractivity contribution is -0.146. The van der Waals surface area contributed by atoms with Gasteiger partial charge in [0.2, 0.25) is 0 Å². The molecule has 1 aromatic carbocycles. The van der Waals surface area contributed by atoms with Crippen molar-refractivity contribution in [2.45, 2.75) is 36.6 Å². The summed E-state index contributed by atoms with van der Waals surface area (Å²) in [5.41, 5.74) is 0. The second-order valence-electron chi connectivity index (χ2n) is 7.21. The van der Waals surface area contributed by atoms with Crippen molar-refractivity contribution in [3.8, 4) is 0 Å². The number of benzene rings is 1. The number of hydrogen-bond donors (Lipinski definition) is 1. The van der Waals surface area contributed by atoms with E-state index in [-0.39, 0.29) is 5.92 Å². The molecule has 0 bridgehead atoms. The van der Waals surface area contributed by atoms with Crippen LogP contribution < -0.4 is 5.32 Å². The zero-order valence-electron chi connectivity index (χ0n) is 16.9. The highest BCUT2D eigenvalue weighted by atomic mass is 32.2. The van der Waals surface area contributed by atoms with Crippen LogP contribution in [0.25, 0.3) is 0 Å². The summed E-state index contributed by atoms with van der Waals surface area (Å²) >= 11 is 1.81. The smallest absolute Gasteiger partial charge is 0.355 e. The average Bonchev–Trinajstić information content (AvgIpc) is 3.09. The Morgan fingerprint density at radius 3 is 2.68 bits per heavy atom. The van der Waals surface area contributed by atoms with E-state index in [1.54, 1.807) is 25.7 Å². The quantitative estimate of drug-likeness (QED) is 0.395. The lowest BCUT2D eigenvalue weighted by atomic mass is 10.1. The lowest BCUT2D eigenvalue weighted by Gasteiger charge is -2.26. The van der Waals surface area contributed by atoms with Gasteiger partial charge in [-0.1, -0.05) is 32.0 Å². The van der Waals surface area contributed by atoms with Gasteiger partial charge < -0.3 is 10.2 Å². The largest absolute Gasteiger partial charge is 0.401 e. The van der Waals surface area contributed by atoms with Gasteiger partial charge in [-0.25, -0.2) is 0 Å². The van der Waals surface area contributed by atoms with Crippen LogP contribution in [-0.2, 0) is 0 Å². The molecular formula is C20H31F3N4S. The van der Waals surface area contributed by atoms with Crippen molar-refractivity contribution >= 4 is 17.7 Å². The molecule has 1 fully saturated rings. The summed E-state index contributed by atoms with van der Waals surface area (Å²) in [6.45, 7) is 6.36. The maximum absolute atomic E-state index is 12.7. The van der Waals surface area contributed by atoms with Crippen molar-refractivity contribution in [2.24, 2.45) is 10.9 Å². The van der Waals surface area contributed by atoms with Crippen LogP contribution in [0, 0.1) is 5.92 Å². The number of guanidine groups is 1. The molecule has 1 aliphatic rings. The number of halogens is 3. The van der Waals surface area contributed by atoms with E-state index in [9.17, 15) is 13.2 Å². The first-order chi connectivity index (χ1) is 13.3.